The van der Waals surface area contributed by atoms with E-state index in [9.17, 15) is 14.7 Å². The largest absolute Gasteiger partial charge is 0.481 e. The van der Waals surface area contributed by atoms with E-state index in [4.69, 9.17) is 0 Å². The van der Waals surface area contributed by atoms with E-state index in [2.05, 4.69) is 29.4 Å². The molecule has 0 bridgehead atoms. The Hall–Kier alpha value is -2.70. The van der Waals surface area contributed by atoms with Gasteiger partial charge in [0.2, 0.25) is 5.91 Å². The number of carbonyl (C=O) groups excluding carboxylic acids is 1. The zero-order valence-electron chi connectivity index (χ0n) is 18.0. The van der Waals surface area contributed by atoms with Crippen molar-refractivity contribution in [3.8, 4) is 0 Å². The Labute approximate surface area is 178 Å². The minimum absolute atomic E-state index is 0.00292. The molecule has 0 aliphatic carbocycles. The van der Waals surface area contributed by atoms with Crippen molar-refractivity contribution in [2.24, 2.45) is 11.3 Å². The average Bonchev–Trinajstić information content (AvgIpc) is 3.20. The summed E-state index contributed by atoms with van der Waals surface area (Å²) in [6.45, 7) is 5.71. The van der Waals surface area contributed by atoms with Gasteiger partial charge in [0, 0.05) is 38.2 Å². The van der Waals surface area contributed by atoms with Crippen LogP contribution in [0.1, 0.15) is 50.8 Å². The smallest absolute Gasteiger partial charge is 0.310 e. The number of hydrogen-bond acceptors (Lipinski definition) is 4. The number of rotatable bonds is 9. The predicted molar refractivity (Wildman–Crippen MR) is 114 cm³/mol. The second kappa shape index (κ2) is 9.87. The van der Waals surface area contributed by atoms with Crippen LogP contribution in [0, 0.1) is 11.3 Å². The molecule has 0 radical (unpaired) electrons. The molecule has 1 fully saturated rings. The molecule has 1 saturated heterocycles. The number of hydrogen-bond donors (Lipinski definition) is 1. The number of benzene rings is 1. The first-order chi connectivity index (χ1) is 14.4. The minimum atomic E-state index is -0.884. The summed E-state index contributed by atoms with van der Waals surface area (Å²) in [4.78, 5) is 26.6. The van der Waals surface area contributed by atoms with Gasteiger partial charge in [0.1, 0.15) is 0 Å². The topological polar surface area (TPSA) is 88.3 Å². The fourth-order valence-corrected chi connectivity index (χ4v) is 4.25. The second-order valence-corrected chi connectivity index (χ2v) is 8.49. The Bertz CT molecular complexity index is 841. The minimum Gasteiger partial charge on any atom is -0.481 e. The molecule has 1 amide bonds. The van der Waals surface area contributed by atoms with Crippen molar-refractivity contribution in [3.63, 3.8) is 0 Å². The summed E-state index contributed by atoms with van der Waals surface area (Å²) in [6, 6.07) is 10.2. The molecular formula is C23H32N4O3. The summed E-state index contributed by atoms with van der Waals surface area (Å²) in [5.74, 6) is -0.672. The number of carbonyl (C=O) groups is 2. The highest BCUT2D eigenvalue weighted by molar-refractivity contribution is 5.80. The Morgan fingerprint density at radius 2 is 1.90 bits per heavy atom. The molecule has 7 nitrogen and oxygen atoms in total. The summed E-state index contributed by atoms with van der Waals surface area (Å²) in [6.07, 6.45) is 5.79. The van der Waals surface area contributed by atoms with Gasteiger partial charge in [-0.25, -0.2) is 0 Å². The van der Waals surface area contributed by atoms with Crippen molar-refractivity contribution in [1.82, 2.24) is 19.9 Å². The van der Waals surface area contributed by atoms with Gasteiger partial charge >= 0.3 is 5.97 Å². The molecule has 1 unspecified atom stereocenters. The fraction of sp³-hybridized carbons (Fsp3) is 0.565. The standard InChI is InChI=1S/C23H32N4O3/c1-3-7-18(2)21(28)26-14-11-23(12-15-26,22(29)30)16-20-17-27(25-24-20)13-10-19-8-5-4-6-9-19/h4-6,8-9,17-18H,3,7,10-16H2,1-2H3,(H,29,30). The summed E-state index contributed by atoms with van der Waals surface area (Å²) in [5, 5.41) is 18.4. The van der Waals surface area contributed by atoms with Crippen LogP contribution in [0.5, 0.6) is 0 Å². The molecular weight excluding hydrogens is 380 g/mol. The molecule has 162 valence electrons. The summed E-state index contributed by atoms with van der Waals surface area (Å²) < 4.78 is 1.78. The van der Waals surface area contributed by atoms with Crippen LogP contribution in [0.15, 0.2) is 36.5 Å². The molecule has 1 aromatic carbocycles. The lowest BCUT2D eigenvalue weighted by Crippen LogP contribution is -2.48. The van der Waals surface area contributed by atoms with Crippen LogP contribution in [0.25, 0.3) is 0 Å². The Kier molecular flexibility index (Phi) is 7.24. The van der Waals surface area contributed by atoms with Gasteiger partial charge < -0.3 is 10.0 Å². The predicted octanol–water partition coefficient (Wildman–Crippen LogP) is 3.19. The van der Waals surface area contributed by atoms with Crippen LogP contribution in [0.2, 0.25) is 0 Å². The number of aromatic nitrogens is 3. The molecule has 2 heterocycles. The highest BCUT2D eigenvalue weighted by Gasteiger charge is 2.43. The van der Waals surface area contributed by atoms with Crippen LogP contribution in [-0.2, 0) is 29.0 Å². The highest BCUT2D eigenvalue weighted by atomic mass is 16.4. The van der Waals surface area contributed by atoms with Gasteiger partial charge in [0.25, 0.3) is 0 Å². The third-order valence-corrected chi connectivity index (χ3v) is 6.21. The fourth-order valence-electron chi connectivity index (χ4n) is 4.25. The zero-order chi connectivity index (χ0) is 21.6. The molecule has 1 aliphatic rings. The van der Waals surface area contributed by atoms with E-state index in [1.165, 1.54) is 5.56 Å². The van der Waals surface area contributed by atoms with E-state index in [-0.39, 0.29) is 11.8 Å². The molecule has 2 aromatic rings. The van der Waals surface area contributed by atoms with E-state index in [1.807, 2.05) is 36.2 Å². The lowest BCUT2D eigenvalue weighted by atomic mass is 9.74. The number of aryl methyl sites for hydroxylation is 2. The normalized spacial score (nSPS) is 16.9. The SMILES string of the molecule is CCCC(C)C(=O)N1CCC(Cc2cn(CCc3ccccc3)nn2)(C(=O)O)CC1. The van der Waals surface area contributed by atoms with Gasteiger partial charge in [-0.05, 0) is 31.2 Å². The van der Waals surface area contributed by atoms with Gasteiger partial charge in [-0.3, -0.25) is 14.3 Å². The maximum atomic E-state index is 12.6. The molecule has 1 N–H and O–H groups in total. The van der Waals surface area contributed by atoms with Crippen LogP contribution in [0.4, 0.5) is 0 Å². The van der Waals surface area contributed by atoms with Gasteiger partial charge in [-0.2, -0.15) is 0 Å². The summed E-state index contributed by atoms with van der Waals surface area (Å²) >= 11 is 0. The number of nitrogens with zero attached hydrogens (tertiary/aromatic N) is 4. The Morgan fingerprint density at radius 3 is 2.53 bits per heavy atom. The average molecular weight is 413 g/mol. The van der Waals surface area contributed by atoms with E-state index in [0.717, 1.165) is 19.3 Å². The molecule has 1 aromatic heterocycles. The van der Waals surface area contributed by atoms with Crippen molar-refractivity contribution in [2.45, 2.75) is 58.9 Å². The quantitative estimate of drug-likeness (QED) is 0.683. The molecule has 1 atom stereocenters. The molecule has 3 rings (SSSR count). The first-order valence-electron chi connectivity index (χ1n) is 10.9. The first kappa shape index (κ1) is 22.0. The third-order valence-electron chi connectivity index (χ3n) is 6.21. The summed E-state index contributed by atoms with van der Waals surface area (Å²) in [7, 11) is 0. The zero-order valence-corrected chi connectivity index (χ0v) is 18.0. The van der Waals surface area contributed by atoms with E-state index in [0.29, 0.717) is 44.6 Å². The molecule has 0 spiro atoms. The molecule has 1 aliphatic heterocycles. The molecule has 30 heavy (non-hydrogen) atoms. The molecule has 7 heteroatoms. The van der Waals surface area contributed by atoms with Crippen molar-refractivity contribution in [1.29, 1.82) is 0 Å². The number of carboxylic acids is 1. The van der Waals surface area contributed by atoms with Crippen molar-refractivity contribution >= 4 is 11.9 Å². The number of carboxylic acid groups (broad SMARTS) is 1. The third kappa shape index (κ3) is 5.26. The first-order valence-corrected chi connectivity index (χ1v) is 10.9. The van der Waals surface area contributed by atoms with E-state index >= 15 is 0 Å². The second-order valence-electron chi connectivity index (χ2n) is 8.49. The number of likely N-dealkylation sites (tertiary alicyclic amines) is 1. The monoisotopic (exact) mass is 412 g/mol. The van der Waals surface area contributed by atoms with Crippen molar-refractivity contribution in [2.75, 3.05) is 13.1 Å². The van der Waals surface area contributed by atoms with Crippen LogP contribution in [-0.4, -0.2) is 50.0 Å². The lowest BCUT2D eigenvalue weighted by molar-refractivity contribution is -0.155. The lowest BCUT2D eigenvalue weighted by Gasteiger charge is -2.39. The van der Waals surface area contributed by atoms with Gasteiger partial charge in [0.15, 0.2) is 0 Å². The van der Waals surface area contributed by atoms with Crippen molar-refractivity contribution < 1.29 is 14.7 Å². The maximum absolute atomic E-state index is 12.6. The van der Waals surface area contributed by atoms with E-state index < -0.39 is 11.4 Å². The Morgan fingerprint density at radius 1 is 1.20 bits per heavy atom. The number of piperidine rings is 1. The van der Waals surface area contributed by atoms with Crippen LogP contribution in [0.3, 0.4) is 0 Å². The molecule has 0 saturated carbocycles. The summed E-state index contributed by atoms with van der Waals surface area (Å²) in [5.41, 5.74) is 1.04. The Balaban J connectivity index is 1.59. The van der Waals surface area contributed by atoms with Gasteiger partial charge in [-0.15, -0.1) is 5.10 Å². The van der Waals surface area contributed by atoms with Crippen LogP contribution < -0.4 is 0 Å². The number of aliphatic carboxylic acids is 1. The van der Waals surface area contributed by atoms with Gasteiger partial charge in [-0.1, -0.05) is 55.8 Å². The highest BCUT2D eigenvalue weighted by Crippen LogP contribution is 2.35. The van der Waals surface area contributed by atoms with Crippen molar-refractivity contribution in [3.05, 3.63) is 47.8 Å². The van der Waals surface area contributed by atoms with Gasteiger partial charge in [0.05, 0.1) is 11.1 Å². The number of amides is 1. The van der Waals surface area contributed by atoms with E-state index in [1.54, 1.807) is 4.68 Å². The maximum Gasteiger partial charge on any atom is 0.310 e. The van der Waals surface area contributed by atoms with Crippen LogP contribution >= 0.6 is 0 Å².